The second-order valence-corrected chi connectivity index (χ2v) is 22.5. The van der Waals surface area contributed by atoms with Gasteiger partial charge in [0.05, 0.1) is 22.3 Å². The summed E-state index contributed by atoms with van der Waals surface area (Å²) in [5.74, 6) is 3.33. The number of hydrogen-bond donors (Lipinski definition) is 2. The number of aromatic amines is 2. The topological polar surface area (TPSA) is 146 Å². The van der Waals surface area contributed by atoms with E-state index in [4.69, 9.17) is 20.3 Å². The van der Waals surface area contributed by atoms with Gasteiger partial charge >= 0.3 is 0 Å². The number of hydrogen-bond acceptors (Lipinski definition) is 9. The first-order chi connectivity index (χ1) is 32.2. The van der Waals surface area contributed by atoms with Crippen molar-refractivity contribution in [2.45, 2.75) is 133 Å². The Balaban J connectivity index is 0.000000159. The summed E-state index contributed by atoms with van der Waals surface area (Å²) in [6.45, 7) is 13.6. The molecule has 13 heteroatoms. The van der Waals surface area contributed by atoms with Crippen LogP contribution in [0, 0.1) is 0 Å². The summed E-state index contributed by atoms with van der Waals surface area (Å²) in [5, 5.41) is 1.82. The number of fused-ring (bicyclic) bond motifs is 4. The lowest BCUT2D eigenvalue weighted by Gasteiger charge is -2.18. The van der Waals surface area contributed by atoms with E-state index in [-0.39, 0.29) is 47.8 Å². The quantitative estimate of drug-likeness (QED) is 0.145. The van der Waals surface area contributed by atoms with Crippen LogP contribution in [0.1, 0.15) is 122 Å². The second kappa shape index (κ2) is 17.8. The zero-order chi connectivity index (χ0) is 48.8. The molecular formula is C54H63FN2O9S. The van der Waals surface area contributed by atoms with Crippen LogP contribution >= 0.6 is 0 Å². The summed E-state index contributed by atoms with van der Waals surface area (Å²) < 4.78 is 69.0. The van der Waals surface area contributed by atoms with Crippen molar-refractivity contribution >= 4 is 43.2 Å². The van der Waals surface area contributed by atoms with Crippen LogP contribution in [0.3, 0.4) is 0 Å². The maximum absolute atomic E-state index is 13.4. The molecule has 0 radical (unpaired) electrons. The van der Waals surface area contributed by atoms with E-state index < -0.39 is 21.6 Å². The SMILES string of the molecule is CC(C)(C)c1[nH]c2ccc(CC(=O)C3(c4ccc5c(c4)OCO5)CC3)cc2c1S(C)(=O)=O.CC(C)(C)c1cc2cc(CC(=O)C3(c4ccc5c(c4)OCO5)CC3)ccc2[nH]1.FC1CCCO1.[2H]C. The molecule has 356 valence electrons. The minimum atomic E-state index is -3.45. The summed E-state index contributed by atoms with van der Waals surface area (Å²) in [7, 11) is -2.20. The van der Waals surface area contributed by atoms with Gasteiger partial charge in [-0.1, -0.05) is 73.2 Å². The van der Waals surface area contributed by atoms with Gasteiger partial charge in [0.25, 0.3) is 0 Å². The molecule has 2 N–H and O–H groups in total. The molecule has 0 spiro atoms. The number of Topliss-reactive ketones (excluding diaryl/α,β-unsaturated/α-hetero) is 2. The lowest BCUT2D eigenvalue weighted by atomic mass is 9.87. The number of carbonyl (C=O) groups is 2. The van der Waals surface area contributed by atoms with Gasteiger partial charge in [0.2, 0.25) is 13.6 Å². The smallest absolute Gasteiger partial charge is 0.231 e. The zero-order valence-electron chi connectivity index (χ0n) is 40.8. The molecule has 0 bridgehead atoms. The predicted molar refractivity (Wildman–Crippen MR) is 258 cm³/mol. The lowest BCUT2D eigenvalue weighted by molar-refractivity contribution is -0.121. The van der Waals surface area contributed by atoms with Gasteiger partial charge in [0.1, 0.15) is 11.6 Å². The van der Waals surface area contributed by atoms with Crippen molar-refractivity contribution in [3.05, 3.63) is 113 Å². The minimum Gasteiger partial charge on any atom is -0.454 e. The molecule has 5 heterocycles. The van der Waals surface area contributed by atoms with E-state index in [1.54, 1.807) is 0 Å². The van der Waals surface area contributed by atoms with E-state index in [2.05, 4.69) is 59.7 Å². The number of nitrogens with one attached hydrogen (secondary N) is 2. The molecule has 3 aliphatic heterocycles. The number of aromatic nitrogens is 2. The number of alkyl halides is 1. The Morgan fingerprint density at radius 2 is 1.22 bits per heavy atom. The first kappa shape index (κ1) is 46.5. The van der Waals surface area contributed by atoms with Crippen molar-refractivity contribution in [3.8, 4) is 23.0 Å². The van der Waals surface area contributed by atoms with Crippen molar-refractivity contribution in [1.29, 1.82) is 0 Å². The molecule has 6 aromatic rings. The molecule has 4 aromatic carbocycles. The standard InChI is InChI=1S/C25H27NO5S.C24H25NO3.C4H7FO.CH4/c1-24(2,3)23-22(32(4,28)29)17-11-15(5-7-18(17)26-23)12-21(27)25(9-10-25)16-6-8-19-20(13-16)31-14-30-19;1-23(2,3)21-12-16-10-15(4-6-18(16)25-21)11-22(26)24(8-9-24)17-5-7-19-20(13-17)28-14-27-19;5-4-2-1-3-6-4;/h5-8,11,13,26H,9-10,12,14H2,1-4H3;4-7,10,12-13,25H,8-9,11,14H2,1-3H3;4H,1-3H2;1H4/i;;;1D. The number of carbonyl (C=O) groups excluding carboxylic acids is 2. The molecule has 1 saturated heterocycles. The largest absolute Gasteiger partial charge is 0.454 e. The van der Waals surface area contributed by atoms with Gasteiger partial charge in [-0.05, 0) is 114 Å². The van der Waals surface area contributed by atoms with Crippen molar-refractivity contribution in [2.24, 2.45) is 0 Å². The highest BCUT2D eigenvalue weighted by Gasteiger charge is 2.52. The van der Waals surface area contributed by atoms with Crippen LogP contribution in [0.4, 0.5) is 4.39 Å². The molecule has 11 rings (SSSR count). The van der Waals surface area contributed by atoms with E-state index in [1.807, 2.05) is 75.4 Å². The summed E-state index contributed by atoms with van der Waals surface area (Å²) >= 11 is 0. The normalized spacial score (nSPS) is 18.5. The fraction of sp³-hybridized carbons (Fsp3) is 0.444. The lowest BCUT2D eigenvalue weighted by Crippen LogP contribution is -2.22. The first-order valence-corrected chi connectivity index (χ1v) is 24.7. The van der Waals surface area contributed by atoms with E-state index in [0.29, 0.717) is 46.9 Å². The van der Waals surface area contributed by atoms with Crippen LogP contribution in [0.15, 0.2) is 83.8 Å². The molecule has 3 fully saturated rings. The Bertz CT molecular complexity index is 2970. The highest BCUT2D eigenvalue weighted by molar-refractivity contribution is 7.91. The number of rotatable bonds is 9. The highest BCUT2D eigenvalue weighted by Crippen LogP contribution is 2.53. The highest BCUT2D eigenvalue weighted by atomic mass is 32.2. The van der Waals surface area contributed by atoms with Crippen molar-refractivity contribution < 1.29 is 47.5 Å². The molecule has 2 saturated carbocycles. The van der Waals surface area contributed by atoms with Gasteiger partial charge in [0.15, 0.2) is 39.2 Å². The molecule has 0 amide bonds. The van der Waals surface area contributed by atoms with Crippen molar-refractivity contribution in [2.75, 3.05) is 26.4 Å². The van der Waals surface area contributed by atoms with Crippen LogP contribution in [-0.4, -0.2) is 62.8 Å². The van der Waals surface area contributed by atoms with Crippen LogP contribution in [0.25, 0.3) is 21.8 Å². The maximum atomic E-state index is 13.4. The first-order valence-electron chi connectivity index (χ1n) is 23.8. The van der Waals surface area contributed by atoms with Crippen molar-refractivity contribution in [1.82, 2.24) is 9.97 Å². The van der Waals surface area contributed by atoms with Crippen molar-refractivity contribution in [3.63, 3.8) is 0 Å². The Kier molecular flexibility index (Phi) is 12.3. The average molecular weight is 936 g/mol. The Morgan fingerprint density at radius 1 is 0.701 bits per heavy atom. The van der Waals surface area contributed by atoms with Gasteiger partial charge in [-0.15, -0.1) is 0 Å². The number of ether oxygens (including phenoxy) is 5. The van der Waals surface area contributed by atoms with Gasteiger partial charge in [-0.2, -0.15) is 0 Å². The Hall–Kier alpha value is -5.66. The second-order valence-electron chi connectivity index (χ2n) is 20.5. The van der Waals surface area contributed by atoms with Gasteiger partial charge < -0.3 is 33.7 Å². The number of halogens is 1. The summed E-state index contributed by atoms with van der Waals surface area (Å²) in [4.78, 5) is 33.7. The number of ketones is 2. The average Bonchev–Trinajstić information content (AvgIpc) is 3.79. The molecule has 2 aliphatic carbocycles. The zero-order valence-corrected chi connectivity index (χ0v) is 40.6. The maximum Gasteiger partial charge on any atom is 0.231 e. The molecule has 1 unspecified atom stereocenters. The molecule has 5 aliphatic rings. The fourth-order valence-electron chi connectivity index (χ4n) is 9.28. The summed E-state index contributed by atoms with van der Waals surface area (Å²) in [5.41, 5.74) is 6.57. The van der Waals surface area contributed by atoms with E-state index in [1.165, 1.54) is 24.7 Å². The molecule has 11 nitrogen and oxygen atoms in total. The molecule has 2 aromatic heterocycles. The monoisotopic (exact) mass is 935 g/mol. The van der Waals surface area contributed by atoms with Gasteiger partial charge in [-0.3, -0.25) is 9.59 Å². The van der Waals surface area contributed by atoms with E-state index in [9.17, 15) is 22.4 Å². The predicted octanol–water partition coefficient (Wildman–Crippen LogP) is 11.2. The van der Waals surface area contributed by atoms with Crippen LogP contribution < -0.4 is 18.9 Å². The number of benzene rings is 4. The third-order valence-corrected chi connectivity index (χ3v) is 14.6. The third kappa shape index (κ3) is 9.72. The number of sulfone groups is 1. The third-order valence-electron chi connectivity index (χ3n) is 13.5. The van der Waals surface area contributed by atoms with Crippen LogP contribution in [0.2, 0.25) is 0 Å². The minimum absolute atomic E-state index is 0.0758. The van der Waals surface area contributed by atoms with E-state index >= 15 is 0 Å². The fourth-order valence-corrected chi connectivity index (χ4v) is 10.6. The van der Waals surface area contributed by atoms with Crippen LogP contribution in [-0.2, 0) is 58.7 Å². The number of H-pyrrole nitrogens is 2. The van der Waals surface area contributed by atoms with Gasteiger partial charge in [-0.25, -0.2) is 12.8 Å². The molecule has 67 heavy (non-hydrogen) atoms. The van der Waals surface area contributed by atoms with Crippen LogP contribution in [0.5, 0.6) is 23.0 Å². The van der Waals surface area contributed by atoms with Gasteiger partial charge in [0, 0.05) is 65.5 Å². The molecular weight excluding hydrogens is 872 g/mol. The Morgan fingerprint density at radius 3 is 1.67 bits per heavy atom. The Labute approximate surface area is 394 Å². The summed E-state index contributed by atoms with van der Waals surface area (Å²) in [6, 6.07) is 25.8. The van der Waals surface area contributed by atoms with E-state index in [0.717, 1.165) is 76.9 Å². The molecule has 1 atom stereocenters. The summed E-state index contributed by atoms with van der Waals surface area (Å²) in [6.07, 6.45) is 5.91.